The van der Waals surface area contributed by atoms with Gasteiger partial charge in [-0.25, -0.2) is 14.8 Å². The number of nitrogens with one attached hydrogen (secondary N) is 2. The second kappa shape index (κ2) is 11.5. The summed E-state index contributed by atoms with van der Waals surface area (Å²) in [5.41, 5.74) is 4.67. The van der Waals surface area contributed by atoms with Crippen LogP contribution in [0.3, 0.4) is 0 Å². The summed E-state index contributed by atoms with van der Waals surface area (Å²) in [5, 5.41) is 22.0. The van der Waals surface area contributed by atoms with Crippen LogP contribution in [0.15, 0.2) is 67.4 Å². The number of carboxylic acids is 1. The summed E-state index contributed by atoms with van der Waals surface area (Å²) in [6.07, 6.45) is 17.7. The molecule has 0 saturated heterocycles. The molecular formula is C37H36N8O3S. The summed E-state index contributed by atoms with van der Waals surface area (Å²) in [5.74, 6) is 1.59. The van der Waals surface area contributed by atoms with Crippen molar-refractivity contribution in [1.29, 1.82) is 0 Å². The number of imidazole rings is 1. The Labute approximate surface area is 286 Å². The normalized spacial score (nSPS) is 22.8. The third-order valence-electron chi connectivity index (χ3n) is 11.1. The van der Waals surface area contributed by atoms with E-state index in [9.17, 15) is 14.7 Å². The predicted octanol–water partition coefficient (Wildman–Crippen LogP) is 7.81. The van der Waals surface area contributed by atoms with Crippen LogP contribution in [-0.4, -0.2) is 46.1 Å². The summed E-state index contributed by atoms with van der Waals surface area (Å²) < 4.78 is 4.79. The zero-order chi connectivity index (χ0) is 33.3. The van der Waals surface area contributed by atoms with Crippen LogP contribution in [0.4, 0.5) is 16.6 Å². The number of fused-ring (bicyclic) bond motifs is 3. The minimum atomic E-state index is -1.07. The quantitative estimate of drug-likeness (QED) is 0.149. The van der Waals surface area contributed by atoms with E-state index in [2.05, 4.69) is 37.2 Å². The van der Waals surface area contributed by atoms with E-state index in [1.807, 2.05) is 42.7 Å². The number of anilines is 3. The smallest absolute Gasteiger partial charge is 0.340 e. The molecule has 5 heterocycles. The first kappa shape index (κ1) is 30.0. The summed E-state index contributed by atoms with van der Waals surface area (Å²) in [7, 11) is 0. The molecule has 10 rings (SSSR count). The zero-order valence-electron chi connectivity index (χ0n) is 27.1. The van der Waals surface area contributed by atoms with Gasteiger partial charge in [0.1, 0.15) is 11.4 Å². The number of hydrogen-bond acceptors (Lipinski definition) is 8. The SMILES string of the molecule is Cc1c(-c2ccn3c(Nc4cnccc4C(=O)Nc4nc5ccccc5s4)cnc3c2C(=O)O)cnn1CC12CC3CCC(CC(C3)C1)C2. The number of aromatic carboxylic acids is 1. The highest BCUT2D eigenvalue weighted by Crippen LogP contribution is 2.58. The fourth-order valence-corrected chi connectivity index (χ4v) is 10.1. The number of nitrogens with zero attached hydrogens (tertiary/aromatic N) is 6. The van der Waals surface area contributed by atoms with E-state index < -0.39 is 5.97 Å². The second-order valence-electron chi connectivity index (χ2n) is 14.3. The fourth-order valence-electron chi connectivity index (χ4n) is 9.25. The average molecular weight is 673 g/mol. The molecule has 0 spiro atoms. The largest absolute Gasteiger partial charge is 0.478 e. The van der Waals surface area contributed by atoms with Crippen molar-refractivity contribution < 1.29 is 14.7 Å². The predicted molar refractivity (Wildman–Crippen MR) is 188 cm³/mol. The first-order valence-electron chi connectivity index (χ1n) is 17.0. The number of para-hydroxylation sites is 1. The topological polar surface area (TPSA) is 139 Å². The lowest BCUT2D eigenvalue weighted by atomic mass is 9.58. The molecule has 2 atom stereocenters. The van der Waals surface area contributed by atoms with Crippen molar-refractivity contribution in [3.05, 3.63) is 84.2 Å². The molecule has 11 nitrogen and oxygen atoms in total. The molecule has 2 unspecified atom stereocenters. The van der Waals surface area contributed by atoms with Gasteiger partial charge in [0.05, 0.1) is 40.1 Å². The number of amides is 1. The van der Waals surface area contributed by atoms with Crippen molar-refractivity contribution >= 4 is 55.7 Å². The molecule has 3 N–H and O–H groups in total. The van der Waals surface area contributed by atoms with Gasteiger partial charge < -0.3 is 10.4 Å². The van der Waals surface area contributed by atoms with Crippen molar-refractivity contribution in [1.82, 2.24) is 29.1 Å². The van der Waals surface area contributed by atoms with Gasteiger partial charge in [-0.2, -0.15) is 5.10 Å². The summed E-state index contributed by atoms with van der Waals surface area (Å²) in [4.78, 5) is 39.5. The van der Waals surface area contributed by atoms with Crippen LogP contribution in [0.25, 0.3) is 27.0 Å². The monoisotopic (exact) mass is 672 g/mol. The van der Waals surface area contributed by atoms with Gasteiger partial charge in [-0.1, -0.05) is 36.3 Å². The molecule has 0 aliphatic heterocycles. The van der Waals surface area contributed by atoms with Crippen LogP contribution in [0.1, 0.15) is 71.4 Å². The maximum absolute atomic E-state index is 13.4. The number of carboxylic acid groups (broad SMARTS) is 1. The number of aromatic nitrogens is 6. The Morgan fingerprint density at radius 2 is 1.80 bits per heavy atom. The molecule has 4 aliphatic rings. The lowest BCUT2D eigenvalue weighted by molar-refractivity contribution is 0.0169. The minimum absolute atomic E-state index is 0.102. The number of pyridine rings is 2. The van der Waals surface area contributed by atoms with Crippen LogP contribution < -0.4 is 10.6 Å². The van der Waals surface area contributed by atoms with Gasteiger partial charge in [-0.05, 0) is 86.5 Å². The Hall–Kier alpha value is -5.10. The van der Waals surface area contributed by atoms with Gasteiger partial charge in [0.25, 0.3) is 5.91 Å². The van der Waals surface area contributed by atoms with Gasteiger partial charge in [0, 0.05) is 35.8 Å². The molecule has 12 heteroatoms. The molecule has 0 radical (unpaired) electrons. The minimum Gasteiger partial charge on any atom is -0.478 e. The molecule has 4 aliphatic carbocycles. The third kappa shape index (κ3) is 5.25. The number of carbonyl (C=O) groups is 2. The summed E-state index contributed by atoms with van der Waals surface area (Å²) in [6.45, 7) is 2.94. The van der Waals surface area contributed by atoms with Crippen LogP contribution in [0, 0.1) is 30.1 Å². The van der Waals surface area contributed by atoms with E-state index in [1.165, 1.54) is 56.3 Å². The summed E-state index contributed by atoms with van der Waals surface area (Å²) >= 11 is 1.40. The Morgan fingerprint density at radius 1 is 1.00 bits per heavy atom. The lowest BCUT2D eigenvalue weighted by Gasteiger charge is -2.48. The van der Waals surface area contributed by atoms with E-state index >= 15 is 0 Å². The van der Waals surface area contributed by atoms with Crippen molar-refractivity contribution in [3.8, 4) is 11.1 Å². The lowest BCUT2D eigenvalue weighted by Crippen LogP contribution is -2.40. The van der Waals surface area contributed by atoms with E-state index in [1.54, 1.807) is 29.1 Å². The highest BCUT2D eigenvalue weighted by atomic mass is 32.1. The van der Waals surface area contributed by atoms with Crippen molar-refractivity contribution in [2.75, 3.05) is 10.6 Å². The van der Waals surface area contributed by atoms with Crippen molar-refractivity contribution in [2.45, 2.75) is 58.4 Å². The highest BCUT2D eigenvalue weighted by molar-refractivity contribution is 7.22. The Balaban J connectivity index is 1.01. The second-order valence-corrected chi connectivity index (χ2v) is 15.3. The van der Waals surface area contributed by atoms with Crippen LogP contribution in [0.2, 0.25) is 0 Å². The van der Waals surface area contributed by atoms with Crippen molar-refractivity contribution in [3.63, 3.8) is 0 Å². The Bertz CT molecular complexity index is 2220. The Kier molecular flexibility index (Phi) is 7.04. The van der Waals surface area contributed by atoms with Gasteiger partial charge >= 0.3 is 5.97 Å². The molecular weight excluding hydrogens is 637 g/mol. The summed E-state index contributed by atoms with van der Waals surface area (Å²) in [6, 6.07) is 11.1. The van der Waals surface area contributed by atoms with Gasteiger partial charge in [-0.3, -0.25) is 24.2 Å². The van der Waals surface area contributed by atoms with Gasteiger partial charge in [-0.15, -0.1) is 0 Å². The number of rotatable bonds is 8. The third-order valence-corrected chi connectivity index (χ3v) is 12.0. The van der Waals surface area contributed by atoms with Crippen LogP contribution in [0.5, 0.6) is 0 Å². The van der Waals surface area contributed by atoms with E-state index in [0.29, 0.717) is 38.8 Å². The first-order valence-corrected chi connectivity index (χ1v) is 17.8. The van der Waals surface area contributed by atoms with Crippen LogP contribution in [-0.2, 0) is 6.54 Å². The number of benzene rings is 1. The highest BCUT2D eigenvalue weighted by Gasteiger charge is 2.48. The molecule has 4 bridgehead atoms. The molecule has 49 heavy (non-hydrogen) atoms. The molecule has 4 fully saturated rings. The number of hydrogen-bond donors (Lipinski definition) is 3. The molecule has 6 aromatic rings. The number of carbonyl (C=O) groups excluding carboxylic acids is 1. The standard InChI is InChI=1S/C37H36N8O3S/c1-21-27(17-40-45(21)20-37-14-22-6-7-23(15-37)13-24(12-22)16-37)25-9-11-44-31(19-39-33(44)32(25)35(47)48)41-29-18-38-10-8-26(29)34(46)43-36-42-28-4-2-3-5-30(28)49-36/h2-5,8-11,17-19,22-24,41H,6-7,12-16,20H2,1H3,(H,47,48)(H,42,43,46). The maximum Gasteiger partial charge on any atom is 0.340 e. The molecule has 5 aromatic heterocycles. The zero-order valence-corrected chi connectivity index (χ0v) is 27.9. The average Bonchev–Trinajstić information content (AvgIpc) is 3.74. The van der Waals surface area contributed by atoms with Gasteiger partial charge in [0.15, 0.2) is 10.8 Å². The van der Waals surface area contributed by atoms with E-state index in [0.717, 1.165) is 45.8 Å². The maximum atomic E-state index is 13.4. The molecule has 4 saturated carbocycles. The molecule has 1 aromatic carbocycles. The van der Waals surface area contributed by atoms with Crippen molar-refractivity contribution in [2.24, 2.45) is 23.2 Å². The first-order chi connectivity index (χ1) is 23.8. The van der Waals surface area contributed by atoms with Gasteiger partial charge in [0.2, 0.25) is 0 Å². The Morgan fingerprint density at radius 3 is 2.59 bits per heavy atom. The van der Waals surface area contributed by atoms with Crippen LogP contribution >= 0.6 is 11.3 Å². The fraction of sp³-hybridized carbons (Fsp3) is 0.351. The number of thiazole rings is 1. The molecule has 1 amide bonds. The molecule has 248 valence electrons. The van der Waals surface area contributed by atoms with E-state index in [4.69, 9.17) is 5.10 Å². The van der Waals surface area contributed by atoms with E-state index in [-0.39, 0.29) is 11.5 Å².